The maximum absolute atomic E-state index is 9.48. The number of hydrogen-bond acceptors (Lipinski definition) is 1. The van der Waals surface area contributed by atoms with E-state index in [1.165, 1.54) is 12.8 Å². The van der Waals surface area contributed by atoms with Gasteiger partial charge in [0, 0.05) is 6.07 Å². The van der Waals surface area contributed by atoms with Crippen molar-refractivity contribution in [2.24, 2.45) is 0 Å². The molecule has 0 unspecified atom stereocenters. The van der Waals surface area contributed by atoms with Crippen LogP contribution in [-0.2, 0) is 0 Å². The molecule has 14 heavy (non-hydrogen) atoms. The van der Waals surface area contributed by atoms with Gasteiger partial charge in [-0.05, 0) is 18.9 Å². The van der Waals surface area contributed by atoms with Gasteiger partial charge in [0.15, 0.2) is 0 Å². The Morgan fingerprint density at radius 1 is 1.50 bits per heavy atom. The first kappa shape index (κ1) is 10.8. The van der Waals surface area contributed by atoms with Crippen molar-refractivity contribution in [1.82, 2.24) is 0 Å². The van der Waals surface area contributed by atoms with E-state index in [9.17, 15) is 5.11 Å². The van der Waals surface area contributed by atoms with Gasteiger partial charge in [-0.1, -0.05) is 26.3 Å². The molecule has 1 aromatic rings. The molecule has 1 N–H and O–H groups in total. The molecule has 0 spiro atoms. The van der Waals surface area contributed by atoms with E-state index in [4.69, 9.17) is 4.42 Å². The van der Waals surface area contributed by atoms with E-state index in [2.05, 4.69) is 13.5 Å². The van der Waals surface area contributed by atoms with Crippen LogP contribution in [0.2, 0.25) is 0 Å². The third-order valence-electron chi connectivity index (χ3n) is 2.15. The highest BCUT2D eigenvalue weighted by Gasteiger charge is 2.17. The molecule has 0 aromatic carbocycles. The van der Waals surface area contributed by atoms with Crippen molar-refractivity contribution >= 4 is 5.57 Å². The quantitative estimate of drug-likeness (QED) is 0.568. The van der Waals surface area contributed by atoms with Crippen molar-refractivity contribution in [1.29, 1.82) is 0 Å². The topological polar surface area (TPSA) is 31.5 Å². The second kappa shape index (κ2) is 5.43. The average molecular weight is 193 g/mol. The van der Waals surface area contributed by atoms with Crippen molar-refractivity contribution < 1.29 is 9.52 Å². The maximum atomic E-state index is 9.48. The van der Waals surface area contributed by atoms with Crippen LogP contribution < -0.4 is 0 Å². The molecule has 2 nitrogen and oxygen atoms in total. The molecular formula is C12H17O2+. The van der Waals surface area contributed by atoms with Gasteiger partial charge in [0.25, 0.3) is 0 Å². The number of hydrogen-bond donors (Lipinski definition) is 1. The van der Waals surface area contributed by atoms with Crippen LogP contribution in [0, 0.1) is 0 Å². The summed E-state index contributed by atoms with van der Waals surface area (Å²) in [6, 6.07) is 3.28. The van der Waals surface area contributed by atoms with Crippen LogP contribution in [0.3, 0.4) is 0 Å². The number of rotatable bonds is 5. The Balaban J connectivity index is 2.56. The van der Waals surface area contributed by atoms with E-state index in [0.29, 0.717) is 5.76 Å². The van der Waals surface area contributed by atoms with Crippen LogP contribution in [0.5, 0.6) is 5.75 Å². The van der Waals surface area contributed by atoms with Crippen molar-refractivity contribution in [2.75, 3.05) is 0 Å². The fraction of sp³-hybridized carbons (Fsp3) is 0.417. The Kier molecular flexibility index (Phi) is 4.17. The van der Waals surface area contributed by atoms with E-state index in [1.54, 1.807) is 18.4 Å². The monoisotopic (exact) mass is 193 g/mol. The first-order valence-corrected chi connectivity index (χ1v) is 5.03. The molecule has 76 valence electrons. The van der Waals surface area contributed by atoms with Crippen molar-refractivity contribution in [3.05, 3.63) is 30.7 Å². The van der Waals surface area contributed by atoms with Gasteiger partial charge in [0.2, 0.25) is 5.75 Å². The van der Waals surface area contributed by atoms with Gasteiger partial charge < -0.3 is 5.11 Å². The van der Waals surface area contributed by atoms with E-state index >= 15 is 0 Å². The first-order chi connectivity index (χ1) is 6.75. The Labute approximate surface area is 84.9 Å². The standard InChI is InChI=1S/C12H16O2/c1-3-4-5-7-10(2)12-11(13)8-6-9-14-12/h6,8-9H,2-5,7H2,1H3/p+1. The van der Waals surface area contributed by atoms with Gasteiger partial charge in [0.05, 0.1) is 5.57 Å². The minimum Gasteiger partial charge on any atom is -0.500 e. The third-order valence-corrected chi connectivity index (χ3v) is 2.15. The van der Waals surface area contributed by atoms with Crippen LogP contribution in [0.4, 0.5) is 0 Å². The first-order valence-electron chi connectivity index (χ1n) is 5.03. The van der Waals surface area contributed by atoms with Crippen LogP contribution in [0.15, 0.2) is 29.4 Å². The Morgan fingerprint density at radius 3 is 2.93 bits per heavy atom. The van der Waals surface area contributed by atoms with Crippen molar-refractivity contribution in [3.8, 4) is 5.75 Å². The van der Waals surface area contributed by atoms with Crippen molar-refractivity contribution in [2.45, 2.75) is 32.6 Å². The summed E-state index contributed by atoms with van der Waals surface area (Å²) in [6.07, 6.45) is 5.91. The molecule has 0 saturated heterocycles. The normalized spacial score (nSPS) is 10.1. The van der Waals surface area contributed by atoms with Gasteiger partial charge in [-0.25, -0.2) is 4.42 Å². The Hall–Kier alpha value is -1.31. The lowest BCUT2D eigenvalue weighted by Gasteiger charge is -1.98. The van der Waals surface area contributed by atoms with Crippen LogP contribution in [0.25, 0.3) is 5.57 Å². The molecular weight excluding hydrogens is 176 g/mol. The smallest absolute Gasteiger partial charge is 0.396 e. The summed E-state index contributed by atoms with van der Waals surface area (Å²) in [7, 11) is 0. The fourth-order valence-corrected chi connectivity index (χ4v) is 1.34. The lowest BCUT2D eigenvalue weighted by molar-refractivity contribution is 0.426. The van der Waals surface area contributed by atoms with Crippen molar-refractivity contribution in [3.63, 3.8) is 0 Å². The van der Waals surface area contributed by atoms with E-state index in [-0.39, 0.29) is 5.75 Å². The molecule has 0 bridgehead atoms. The summed E-state index contributed by atoms with van der Waals surface area (Å²) in [5.41, 5.74) is 0.872. The second-order valence-electron chi connectivity index (χ2n) is 3.39. The minimum absolute atomic E-state index is 0.175. The van der Waals surface area contributed by atoms with E-state index in [0.717, 1.165) is 18.4 Å². The molecule has 0 saturated carbocycles. The molecule has 0 amide bonds. The molecule has 0 aliphatic heterocycles. The van der Waals surface area contributed by atoms with Gasteiger partial charge in [0.1, 0.15) is 0 Å². The van der Waals surface area contributed by atoms with Gasteiger partial charge in [-0.3, -0.25) is 0 Å². The predicted molar refractivity (Wildman–Crippen MR) is 58.0 cm³/mol. The molecule has 2 heteroatoms. The van der Waals surface area contributed by atoms with Crippen LogP contribution in [0.1, 0.15) is 38.4 Å². The summed E-state index contributed by atoms with van der Waals surface area (Å²) in [5, 5.41) is 9.48. The number of unbranched alkanes of at least 4 members (excludes halogenated alkanes) is 2. The van der Waals surface area contributed by atoms with Crippen LogP contribution >= 0.6 is 0 Å². The van der Waals surface area contributed by atoms with Gasteiger partial charge in [-0.15, -0.1) is 0 Å². The lowest BCUT2D eigenvalue weighted by Crippen LogP contribution is -1.84. The molecule has 1 aromatic heterocycles. The Bertz CT molecular complexity index is 305. The molecule has 0 fully saturated rings. The lowest BCUT2D eigenvalue weighted by atomic mass is 10.1. The zero-order valence-electron chi connectivity index (χ0n) is 8.62. The number of aromatic hydroxyl groups is 1. The third kappa shape index (κ3) is 2.87. The van der Waals surface area contributed by atoms with E-state index < -0.39 is 0 Å². The minimum atomic E-state index is 0.175. The molecule has 1 heterocycles. The van der Waals surface area contributed by atoms with E-state index in [1.807, 2.05) is 0 Å². The molecule has 0 aliphatic rings. The summed E-state index contributed by atoms with van der Waals surface area (Å²) < 4.78 is 5.20. The fourth-order valence-electron chi connectivity index (χ4n) is 1.34. The highest BCUT2D eigenvalue weighted by atomic mass is 16.3. The summed E-state index contributed by atoms with van der Waals surface area (Å²) in [6.45, 7) is 6.06. The Morgan fingerprint density at radius 2 is 2.29 bits per heavy atom. The molecule has 1 rings (SSSR count). The highest BCUT2D eigenvalue weighted by Crippen LogP contribution is 2.26. The second-order valence-corrected chi connectivity index (χ2v) is 3.39. The SMILES string of the molecule is C=C(CCCCC)c1[o+]cccc1O. The summed E-state index contributed by atoms with van der Waals surface area (Å²) >= 11 is 0. The summed E-state index contributed by atoms with van der Waals surface area (Å²) in [5.74, 6) is 0.692. The zero-order valence-corrected chi connectivity index (χ0v) is 8.62. The average Bonchev–Trinajstić information content (AvgIpc) is 2.18. The summed E-state index contributed by atoms with van der Waals surface area (Å²) in [4.78, 5) is 0. The van der Waals surface area contributed by atoms with Crippen LogP contribution in [-0.4, -0.2) is 5.11 Å². The molecule has 0 atom stereocenters. The largest absolute Gasteiger partial charge is 0.500 e. The van der Waals surface area contributed by atoms with Gasteiger partial charge >= 0.3 is 12.0 Å². The zero-order chi connectivity index (χ0) is 10.4. The van der Waals surface area contributed by atoms with Gasteiger partial charge in [-0.2, -0.15) is 0 Å². The predicted octanol–water partition coefficient (Wildman–Crippen LogP) is 3.86. The number of allylic oxidation sites excluding steroid dienone is 1. The molecule has 0 aliphatic carbocycles. The maximum Gasteiger partial charge on any atom is 0.396 e. The highest BCUT2D eigenvalue weighted by molar-refractivity contribution is 5.63. The molecule has 0 radical (unpaired) electrons.